The Morgan fingerprint density at radius 3 is 2.83 bits per heavy atom. The minimum Gasteiger partial charge on any atom is -0.477 e. The number of aromatic nitrogens is 2. The average molecular weight is 312 g/mol. The summed E-state index contributed by atoms with van der Waals surface area (Å²) in [5.41, 5.74) is 3.55. The Morgan fingerprint density at radius 1 is 1.39 bits per heavy atom. The number of nitrogens with one attached hydrogen (secondary N) is 1. The van der Waals surface area contributed by atoms with Gasteiger partial charge in [-0.1, -0.05) is 18.2 Å². The fourth-order valence-corrected chi connectivity index (χ4v) is 2.58. The molecule has 0 aliphatic carbocycles. The van der Waals surface area contributed by atoms with Gasteiger partial charge in [-0.15, -0.1) is 0 Å². The van der Waals surface area contributed by atoms with Gasteiger partial charge in [0.15, 0.2) is 5.82 Å². The fraction of sp³-hybridized carbons (Fsp3) is 0.250. The first-order valence-electron chi connectivity index (χ1n) is 7.30. The maximum absolute atomic E-state index is 12.4. The van der Waals surface area contributed by atoms with E-state index in [2.05, 4.69) is 15.5 Å². The molecule has 0 saturated carbocycles. The highest BCUT2D eigenvalue weighted by Crippen LogP contribution is 2.22. The molecule has 0 fully saturated rings. The number of rotatable bonds is 3. The van der Waals surface area contributed by atoms with Gasteiger partial charge in [-0.2, -0.15) is 5.10 Å². The van der Waals surface area contributed by atoms with Gasteiger partial charge < -0.3 is 5.11 Å². The number of fused-ring (bicyclic) bond motifs is 1. The molecule has 7 heteroatoms. The van der Waals surface area contributed by atoms with E-state index in [9.17, 15) is 9.59 Å². The van der Waals surface area contributed by atoms with Gasteiger partial charge in [-0.3, -0.25) is 14.8 Å². The number of hydrogen-bond acceptors (Lipinski definition) is 5. The highest BCUT2D eigenvalue weighted by Gasteiger charge is 2.26. The first kappa shape index (κ1) is 15.0. The minimum absolute atomic E-state index is 0.111. The van der Waals surface area contributed by atoms with E-state index >= 15 is 0 Å². The summed E-state index contributed by atoms with van der Waals surface area (Å²) in [6, 6.07) is 9.33. The van der Waals surface area contributed by atoms with Gasteiger partial charge >= 0.3 is 5.97 Å². The van der Waals surface area contributed by atoms with Crippen molar-refractivity contribution in [2.24, 2.45) is 5.10 Å². The lowest BCUT2D eigenvalue weighted by molar-refractivity contribution is 0.0693. The number of carbonyl (C=O) groups is 1. The van der Waals surface area contributed by atoms with Crippen LogP contribution in [0.1, 0.15) is 42.0 Å². The van der Waals surface area contributed by atoms with E-state index in [-0.39, 0.29) is 11.6 Å². The first-order chi connectivity index (χ1) is 11.1. The molecule has 1 aliphatic rings. The van der Waals surface area contributed by atoms with Crippen LogP contribution in [0.15, 0.2) is 46.4 Å². The summed E-state index contributed by atoms with van der Waals surface area (Å²) >= 11 is 0. The van der Waals surface area contributed by atoms with Crippen LogP contribution in [0.2, 0.25) is 0 Å². The Hall–Kier alpha value is -2.96. The summed E-state index contributed by atoms with van der Waals surface area (Å²) in [6.45, 7) is 1.87. The van der Waals surface area contributed by atoms with Crippen molar-refractivity contribution >= 4 is 17.4 Å². The van der Waals surface area contributed by atoms with Crippen LogP contribution in [0.25, 0.3) is 0 Å². The second kappa shape index (κ2) is 6.04. The van der Waals surface area contributed by atoms with Gasteiger partial charge in [0, 0.05) is 12.2 Å². The van der Waals surface area contributed by atoms with E-state index in [0.29, 0.717) is 24.4 Å². The largest absolute Gasteiger partial charge is 0.477 e. The SMILES string of the molecule is C[C@@H]1CC/C(=N/Nc2ccccc2)c2ncc(C(=O)O)c(=O)n21. The molecule has 1 aliphatic heterocycles. The fourth-order valence-electron chi connectivity index (χ4n) is 2.58. The van der Waals surface area contributed by atoms with Crippen molar-refractivity contribution in [3.8, 4) is 0 Å². The van der Waals surface area contributed by atoms with Crippen LogP contribution in [-0.4, -0.2) is 26.3 Å². The predicted octanol–water partition coefficient (Wildman–Crippen LogP) is 2.11. The Morgan fingerprint density at radius 2 is 2.13 bits per heavy atom. The van der Waals surface area contributed by atoms with Crippen molar-refractivity contribution < 1.29 is 9.90 Å². The molecule has 2 heterocycles. The molecule has 1 aromatic heterocycles. The van der Waals surface area contributed by atoms with Gasteiger partial charge in [-0.05, 0) is 31.9 Å². The van der Waals surface area contributed by atoms with Crippen molar-refractivity contribution in [3.05, 3.63) is 58.3 Å². The quantitative estimate of drug-likeness (QED) is 0.846. The summed E-state index contributed by atoms with van der Waals surface area (Å²) in [5, 5.41) is 13.4. The lowest BCUT2D eigenvalue weighted by Gasteiger charge is -2.25. The third-order valence-corrected chi connectivity index (χ3v) is 3.82. The zero-order valence-electron chi connectivity index (χ0n) is 12.6. The third-order valence-electron chi connectivity index (χ3n) is 3.82. The van der Waals surface area contributed by atoms with Gasteiger partial charge in [0.2, 0.25) is 0 Å². The summed E-state index contributed by atoms with van der Waals surface area (Å²) in [7, 11) is 0. The zero-order valence-corrected chi connectivity index (χ0v) is 12.6. The molecule has 7 nitrogen and oxygen atoms in total. The van der Waals surface area contributed by atoms with Crippen LogP contribution in [0.3, 0.4) is 0 Å². The van der Waals surface area contributed by atoms with Crippen molar-refractivity contribution in [1.82, 2.24) is 9.55 Å². The molecular formula is C16H16N4O3. The van der Waals surface area contributed by atoms with Crippen molar-refractivity contribution in [2.75, 3.05) is 5.43 Å². The Balaban J connectivity index is 2.01. The number of aromatic carboxylic acids is 1. The van der Waals surface area contributed by atoms with E-state index in [1.165, 1.54) is 4.57 Å². The van der Waals surface area contributed by atoms with Crippen LogP contribution < -0.4 is 11.0 Å². The maximum Gasteiger partial charge on any atom is 0.342 e. The summed E-state index contributed by atoms with van der Waals surface area (Å²) in [4.78, 5) is 27.6. The van der Waals surface area contributed by atoms with Crippen LogP contribution >= 0.6 is 0 Å². The lowest BCUT2D eigenvalue weighted by Crippen LogP contribution is -2.37. The van der Waals surface area contributed by atoms with Crippen LogP contribution in [0, 0.1) is 0 Å². The number of benzene rings is 1. The smallest absolute Gasteiger partial charge is 0.342 e. The second-order valence-corrected chi connectivity index (χ2v) is 5.40. The van der Waals surface area contributed by atoms with Gasteiger partial charge in [0.25, 0.3) is 5.56 Å². The number of anilines is 1. The van der Waals surface area contributed by atoms with Crippen molar-refractivity contribution in [2.45, 2.75) is 25.8 Å². The molecule has 2 aromatic rings. The molecule has 0 radical (unpaired) electrons. The number of carboxylic acid groups (broad SMARTS) is 1. The number of nitrogens with zero attached hydrogens (tertiary/aromatic N) is 3. The Bertz CT molecular complexity index is 827. The van der Waals surface area contributed by atoms with Crippen LogP contribution in [0.4, 0.5) is 5.69 Å². The normalized spacial score (nSPS) is 18.5. The summed E-state index contributed by atoms with van der Waals surface area (Å²) < 4.78 is 1.42. The molecular weight excluding hydrogens is 296 g/mol. The lowest BCUT2D eigenvalue weighted by atomic mass is 10.0. The first-order valence-corrected chi connectivity index (χ1v) is 7.30. The van der Waals surface area contributed by atoms with E-state index in [1.807, 2.05) is 37.3 Å². The monoisotopic (exact) mass is 312 g/mol. The van der Waals surface area contributed by atoms with Gasteiger partial charge in [-0.25, -0.2) is 9.78 Å². The number of hydrogen-bond donors (Lipinski definition) is 2. The van der Waals surface area contributed by atoms with E-state index in [0.717, 1.165) is 11.9 Å². The molecule has 23 heavy (non-hydrogen) atoms. The number of hydrazone groups is 1. The van der Waals surface area contributed by atoms with Crippen molar-refractivity contribution in [1.29, 1.82) is 0 Å². The molecule has 3 rings (SSSR count). The molecule has 2 N–H and O–H groups in total. The molecule has 0 saturated heterocycles. The number of para-hydroxylation sites is 1. The predicted molar refractivity (Wildman–Crippen MR) is 86.0 cm³/mol. The highest BCUT2D eigenvalue weighted by molar-refractivity contribution is 5.99. The Labute approximate surface area is 132 Å². The maximum atomic E-state index is 12.4. The Kier molecular flexibility index (Phi) is 3.92. The third kappa shape index (κ3) is 2.85. The number of carboxylic acids is 1. The van der Waals surface area contributed by atoms with Gasteiger partial charge in [0.05, 0.1) is 5.69 Å². The second-order valence-electron chi connectivity index (χ2n) is 5.40. The summed E-state index contributed by atoms with van der Waals surface area (Å²) in [5.74, 6) is -0.848. The van der Waals surface area contributed by atoms with Crippen LogP contribution in [-0.2, 0) is 0 Å². The topological polar surface area (TPSA) is 96.6 Å². The van der Waals surface area contributed by atoms with Crippen LogP contribution in [0.5, 0.6) is 0 Å². The van der Waals surface area contributed by atoms with Crippen molar-refractivity contribution in [3.63, 3.8) is 0 Å². The molecule has 1 atom stereocenters. The molecule has 0 bridgehead atoms. The van der Waals surface area contributed by atoms with E-state index < -0.39 is 11.5 Å². The molecule has 0 unspecified atom stereocenters. The molecule has 0 spiro atoms. The molecule has 0 amide bonds. The molecule has 1 aromatic carbocycles. The van der Waals surface area contributed by atoms with E-state index in [1.54, 1.807) is 0 Å². The molecule has 118 valence electrons. The zero-order chi connectivity index (χ0) is 16.4. The minimum atomic E-state index is -1.27. The highest BCUT2D eigenvalue weighted by atomic mass is 16.4. The standard InChI is InChI=1S/C16H16N4O3/c1-10-7-8-13(19-18-11-5-3-2-4-6-11)14-17-9-12(16(22)23)15(21)20(10)14/h2-6,9-10,18H,7-8H2,1H3,(H,22,23)/b19-13-/t10-/m1/s1. The average Bonchev–Trinajstić information content (AvgIpc) is 2.55. The summed E-state index contributed by atoms with van der Waals surface area (Å²) in [6.07, 6.45) is 2.47. The van der Waals surface area contributed by atoms with E-state index in [4.69, 9.17) is 5.11 Å². The van der Waals surface area contributed by atoms with Gasteiger partial charge in [0.1, 0.15) is 11.3 Å².